The number of carbonyl (C=O) groups is 2. The average Bonchev–Trinajstić information content (AvgIpc) is 2.55. The summed E-state index contributed by atoms with van der Waals surface area (Å²) in [4.78, 5) is 28.0. The molecule has 0 aliphatic heterocycles. The average molecular weight is 361 g/mol. The number of rotatable bonds is 4. The van der Waals surface area contributed by atoms with Gasteiger partial charge in [-0.15, -0.1) is 0 Å². The van der Waals surface area contributed by atoms with Crippen molar-refractivity contribution in [3.8, 4) is 0 Å². The molecule has 1 aromatic carbocycles. The van der Waals surface area contributed by atoms with E-state index in [1.807, 2.05) is 24.3 Å². The lowest BCUT2D eigenvalue weighted by molar-refractivity contribution is -0.123. The largest absolute Gasteiger partial charge is 0.449 e. The topological polar surface area (TPSA) is 68.3 Å². The van der Waals surface area contributed by atoms with Gasteiger partial charge in [0.15, 0.2) is 6.10 Å². The number of esters is 1. The van der Waals surface area contributed by atoms with Crippen LogP contribution >= 0.6 is 11.6 Å². The van der Waals surface area contributed by atoms with Crippen molar-refractivity contribution in [1.29, 1.82) is 0 Å². The van der Waals surface area contributed by atoms with Gasteiger partial charge in [-0.2, -0.15) is 0 Å². The van der Waals surface area contributed by atoms with Crippen LogP contribution in [0.5, 0.6) is 0 Å². The molecule has 0 bridgehead atoms. The third-order valence-corrected chi connectivity index (χ3v) is 3.86. The lowest BCUT2D eigenvalue weighted by Crippen LogP contribution is -2.30. The summed E-state index contributed by atoms with van der Waals surface area (Å²) in [6.45, 7) is 7.87. The molecule has 2 rings (SSSR count). The van der Waals surface area contributed by atoms with Crippen LogP contribution in [-0.4, -0.2) is 23.0 Å². The minimum Gasteiger partial charge on any atom is -0.449 e. The first-order chi connectivity index (χ1) is 11.7. The zero-order valence-electron chi connectivity index (χ0n) is 14.7. The number of anilines is 1. The highest BCUT2D eigenvalue weighted by atomic mass is 35.5. The summed E-state index contributed by atoms with van der Waals surface area (Å²) in [5, 5.41) is 3.01. The third kappa shape index (κ3) is 5.29. The van der Waals surface area contributed by atoms with Gasteiger partial charge < -0.3 is 10.1 Å². The van der Waals surface area contributed by atoms with E-state index in [-0.39, 0.29) is 16.1 Å². The van der Waals surface area contributed by atoms with Crippen LogP contribution in [-0.2, 0) is 14.9 Å². The zero-order chi connectivity index (χ0) is 18.6. The van der Waals surface area contributed by atoms with Gasteiger partial charge in [-0.3, -0.25) is 4.79 Å². The summed E-state index contributed by atoms with van der Waals surface area (Å²) in [5.41, 5.74) is 2.09. The minimum absolute atomic E-state index is 0.0397. The molecule has 0 saturated heterocycles. The van der Waals surface area contributed by atoms with Crippen LogP contribution in [0.3, 0.4) is 0 Å². The molecule has 0 saturated carbocycles. The van der Waals surface area contributed by atoms with Gasteiger partial charge in [0, 0.05) is 11.9 Å². The zero-order valence-corrected chi connectivity index (χ0v) is 15.4. The van der Waals surface area contributed by atoms with E-state index in [2.05, 4.69) is 31.1 Å². The van der Waals surface area contributed by atoms with E-state index in [1.54, 1.807) is 0 Å². The SMILES string of the molecule is CC(OC(=O)c1ccc(Cl)nc1)C(=O)Nc1ccc(C(C)(C)C)cc1. The number of pyridine rings is 1. The number of nitrogens with zero attached hydrogens (tertiary/aromatic N) is 1. The Morgan fingerprint density at radius 2 is 1.76 bits per heavy atom. The maximum atomic E-state index is 12.2. The summed E-state index contributed by atoms with van der Waals surface area (Å²) < 4.78 is 5.15. The molecule has 0 aliphatic rings. The first-order valence-electron chi connectivity index (χ1n) is 7.91. The number of benzene rings is 1. The molecule has 0 fully saturated rings. The van der Waals surface area contributed by atoms with Crippen molar-refractivity contribution in [1.82, 2.24) is 4.98 Å². The van der Waals surface area contributed by atoms with Crippen molar-refractivity contribution in [2.24, 2.45) is 0 Å². The molecule has 6 heteroatoms. The Bertz CT molecular complexity index is 750. The molecule has 1 heterocycles. The Hall–Kier alpha value is -2.40. The van der Waals surface area contributed by atoms with Crippen LogP contribution in [0.15, 0.2) is 42.6 Å². The van der Waals surface area contributed by atoms with Crippen molar-refractivity contribution in [3.63, 3.8) is 0 Å². The number of ether oxygens (including phenoxy) is 1. The number of nitrogens with one attached hydrogen (secondary N) is 1. The highest BCUT2D eigenvalue weighted by molar-refractivity contribution is 6.29. The van der Waals surface area contributed by atoms with Crippen LogP contribution in [0, 0.1) is 0 Å². The van der Waals surface area contributed by atoms with Gasteiger partial charge >= 0.3 is 5.97 Å². The van der Waals surface area contributed by atoms with Crippen molar-refractivity contribution < 1.29 is 14.3 Å². The minimum atomic E-state index is -0.939. The predicted octanol–water partition coefficient (Wildman–Crippen LogP) is 4.22. The highest BCUT2D eigenvalue weighted by Crippen LogP contribution is 2.23. The second kappa shape index (κ2) is 7.66. The summed E-state index contributed by atoms with van der Waals surface area (Å²) >= 11 is 5.67. The molecular weight excluding hydrogens is 340 g/mol. The van der Waals surface area contributed by atoms with Gasteiger partial charge in [0.2, 0.25) is 0 Å². The lowest BCUT2D eigenvalue weighted by Gasteiger charge is -2.19. The number of amides is 1. The number of aromatic nitrogens is 1. The van der Waals surface area contributed by atoms with Gasteiger partial charge in [0.25, 0.3) is 5.91 Å². The van der Waals surface area contributed by atoms with Crippen LogP contribution in [0.25, 0.3) is 0 Å². The fraction of sp³-hybridized carbons (Fsp3) is 0.316. The number of hydrogen-bond donors (Lipinski definition) is 1. The quantitative estimate of drug-likeness (QED) is 0.654. The van der Waals surface area contributed by atoms with E-state index in [1.165, 1.54) is 30.8 Å². The molecule has 132 valence electrons. The molecule has 2 aromatic rings. The summed E-state index contributed by atoms with van der Waals surface area (Å²) in [6, 6.07) is 10.6. The summed E-state index contributed by atoms with van der Waals surface area (Å²) in [7, 11) is 0. The molecule has 1 aromatic heterocycles. The Labute approximate surface area is 152 Å². The predicted molar refractivity (Wildman–Crippen MR) is 97.9 cm³/mol. The molecule has 1 atom stereocenters. The van der Waals surface area contributed by atoms with Crippen LogP contribution < -0.4 is 5.32 Å². The smallest absolute Gasteiger partial charge is 0.340 e. The van der Waals surface area contributed by atoms with E-state index in [9.17, 15) is 9.59 Å². The van der Waals surface area contributed by atoms with E-state index in [4.69, 9.17) is 16.3 Å². The van der Waals surface area contributed by atoms with Crippen molar-refractivity contribution in [2.75, 3.05) is 5.32 Å². The maximum absolute atomic E-state index is 12.2. The second-order valence-corrected chi connectivity index (χ2v) is 7.12. The summed E-state index contributed by atoms with van der Waals surface area (Å²) in [5.74, 6) is -1.03. The van der Waals surface area contributed by atoms with Gasteiger partial charge in [0.05, 0.1) is 5.56 Å². The van der Waals surface area contributed by atoms with Crippen LogP contribution in [0.1, 0.15) is 43.6 Å². The number of hydrogen-bond acceptors (Lipinski definition) is 4. The van der Waals surface area contributed by atoms with Crippen LogP contribution in [0.4, 0.5) is 5.69 Å². The van der Waals surface area contributed by atoms with E-state index in [0.717, 1.165) is 0 Å². The number of carbonyl (C=O) groups excluding carboxylic acids is 2. The molecule has 1 N–H and O–H groups in total. The number of halogens is 1. The van der Waals surface area contributed by atoms with Gasteiger partial charge in [0.1, 0.15) is 5.15 Å². The molecule has 25 heavy (non-hydrogen) atoms. The molecule has 0 aliphatic carbocycles. The van der Waals surface area contributed by atoms with Crippen molar-refractivity contribution >= 4 is 29.2 Å². The van der Waals surface area contributed by atoms with Crippen LogP contribution in [0.2, 0.25) is 5.15 Å². The van der Waals surface area contributed by atoms with E-state index in [0.29, 0.717) is 5.69 Å². The highest BCUT2D eigenvalue weighted by Gasteiger charge is 2.20. The van der Waals surface area contributed by atoms with Crippen molar-refractivity contribution in [3.05, 3.63) is 58.9 Å². The van der Waals surface area contributed by atoms with E-state index < -0.39 is 18.0 Å². The fourth-order valence-electron chi connectivity index (χ4n) is 2.08. The first-order valence-corrected chi connectivity index (χ1v) is 8.28. The maximum Gasteiger partial charge on any atom is 0.340 e. The molecule has 0 spiro atoms. The van der Waals surface area contributed by atoms with Gasteiger partial charge in [-0.05, 0) is 42.2 Å². The molecule has 0 radical (unpaired) electrons. The second-order valence-electron chi connectivity index (χ2n) is 6.73. The van der Waals surface area contributed by atoms with Crippen molar-refractivity contribution in [2.45, 2.75) is 39.2 Å². The standard InChI is InChI=1S/C19H21ClN2O3/c1-12(25-18(24)13-5-10-16(20)21-11-13)17(23)22-15-8-6-14(7-9-15)19(2,3)4/h5-12H,1-4H3,(H,22,23). The van der Waals surface area contributed by atoms with Gasteiger partial charge in [-0.1, -0.05) is 44.5 Å². The monoisotopic (exact) mass is 360 g/mol. The Morgan fingerprint density at radius 1 is 1.12 bits per heavy atom. The summed E-state index contributed by atoms with van der Waals surface area (Å²) in [6.07, 6.45) is 0.367. The Balaban J connectivity index is 1.95. The van der Waals surface area contributed by atoms with E-state index >= 15 is 0 Å². The molecule has 1 unspecified atom stereocenters. The Morgan fingerprint density at radius 3 is 2.28 bits per heavy atom. The molecule has 1 amide bonds. The Kier molecular flexibility index (Phi) is 5.80. The lowest BCUT2D eigenvalue weighted by atomic mass is 9.87. The third-order valence-electron chi connectivity index (χ3n) is 3.63. The molecular formula is C19H21ClN2O3. The fourth-order valence-corrected chi connectivity index (χ4v) is 2.19. The molecule has 5 nitrogen and oxygen atoms in total. The first kappa shape index (κ1) is 18.9. The normalized spacial score (nSPS) is 12.4. The van der Waals surface area contributed by atoms with Gasteiger partial charge in [-0.25, -0.2) is 9.78 Å².